The van der Waals surface area contributed by atoms with E-state index in [4.69, 9.17) is 33.0 Å². The Balaban J connectivity index is 1.20. The number of ether oxygens (including phenoxy) is 1. The van der Waals surface area contributed by atoms with Crippen LogP contribution in [-0.2, 0) is 0 Å². The van der Waals surface area contributed by atoms with E-state index in [9.17, 15) is 4.79 Å². The van der Waals surface area contributed by atoms with Crippen LogP contribution < -0.4 is 10.1 Å². The molecule has 1 heterocycles. The molecule has 4 saturated carbocycles. The van der Waals surface area contributed by atoms with E-state index in [1.54, 1.807) is 17.9 Å². The Labute approximate surface area is 234 Å². The molecule has 0 saturated heterocycles. The third-order valence-corrected chi connectivity index (χ3v) is 9.82. The van der Waals surface area contributed by atoms with Gasteiger partial charge in [-0.05, 0) is 106 Å². The average Bonchev–Trinajstić information content (AvgIpc) is 3.25. The average molecular weight is 553 g/mol. The summed E-state index contributed by atoms with van der Waals surface area (Å²) in [6.07, 6.45) is 9.53. The highest BCUT2D eigenvalue weighted by Gasteiger charge is 2.47. The molecule has 0 aliphatic heterocycles. The molecule has 38 heavy (non-hydrogen) atoms. The highest BCUT2D eigenvalue weighted by Crippen LogP contribution is 2.57. The fourth-order valence-electron chi connectivity index (χ4n) is 7.76. The maximum atomic E-state index is 13.4. The van der Waals surface area contributed by atoms with E-state index in [0.29, 0.717) is 28.0 Å². The van der Waals surface area contributed by atoms with E-state index in [-0.39, 0.29) is 5.91 Å². The molecule has 1 aromatic heterocycles. The molecule has 2 aromatic carbocycles. The molecule has 0 radical (unpaired) electrons. The molecular formula is C31H35Cl2N3O2. The van der Waals surface area contributed by atoms with Gasteiger partial charge in [0.05, 0.1) is 23.5 Å². The first-order valence-corrected chi connectivity index (χ1v) is 14.6. The molecule has 7 rings (SSSR count). The predicted molar refractivity (Wildman–Crippen MR) is 152 cm³/mol. The second kappa shape index (κ2) is 10.6. The third-order valence-electron chi connectivity index (χ3n) is 9.26. The number of hydrogen-bond donors (Lipinski definition) is 1. The highest BCUT2D eigenvalue weighted by atomic mass is 35.5. The van der Waals surface area contributed by atoms with Gasteiger partial charge in [0.2, 0.25) is 0 Å². The number of hydrogen-bond acceptors (Lipinski definition) is 3. The first kappa shape index (κ1) is 25.8. The van der Waals surface area contributed by atoms with Crippen LogP contribution in [0.15, 0.2) is 42.5 Å². The van der Waals surface area contributed by atoms with Gasteiger partial charge in [0.25, 0.3) is 5.91 Å². The molecule has 0 atom stereocenters. The third kappa shape index (κ3) is 4.84. The molecule has 4 aliphatic rings. The van der Waals surface area contributed by atoms with Crippen LogP contribution >= 0.6 is 23.2 Å². The van der Waals surface area contributed by atoms with Crippen LogP contribution in [0.4, 0.5) is 0 Å². The van der Waals surface area contributed by atoms with Gasteiger partial charge in [-0.3, -0.25) is 4.79 Å². The Bertz CT molecular complexity index is 1310. The van der Waals surface area contributed by atoms with Gasteiger partial charge in [-0.15, -0.1) is 0 Å². The van der Waals surface area contributed by atoms with Gasteiger partial charge < -0.3 is 10.1 Å². The van der Waals surface area contributed by atoms with Crippen molar-refractivity contribution in [2.24, 2.45) is 29.6 Å². The lowest BCUT2D eigenvalue weighted by Crippen LogP contribution is -2.45. The van der Waals surface area contributed by atoms with E-state index >= 15 is 0 Å². The Morgan fingerprint density at radius 1 is 1.03 bits per heavy atom. The van der Waals surface area contributed by atoms with Gasteiger partial charge in [0.1, 0.15) is 5.75 Å². The minimum atomic E-state index is -0.137. The normalized spacial score (nSPS) is 25.5. The molecule has 200 valence electrons. The maximum absolute atomic E-state index is 13.4. The van der Waals surface area contributed by atoms with E-state index in [1.165, 1.54) is 38.5 Å². The zero-order valence-electron chi connectivity index (χ0n) is 22.1. The number of nitrogens with one attached hydrogen (secondary N) is 1. The first-order chi connectivity index (χ1) is 18.4. The molecule has 4 aliphatic carbocycles. The van der Waals surface area contributed by atoms with Gasteiger partial charge in [0.15, 0.2) is 5.69 Å². The highest BCUT2D eigenvalue weighted by molar-refractivity contribution is 6.32. The number of benzene rings is 2. The Kier molecular flexibility index (Phi) is 7.17. The smallest absolute Gasteiger partial charge is 0.272 e. The van der Waals surface area contributed by atoms with Crippen LogP contribution in [0.5, 0.6) is 5.75 Å². The number of carbonyl (C=O) groups is 1. The molecule has 0 spiro atoms. The summed E-state index contributed by atoms with van der Waals surface area (Å²) in [5.74, 6) is 5.13. The standard InChI is InChI=1S/C31H35Cl2N3O2/c1-18-29(31(37)34-11-3-4-26-22-13-19-12-20(15-22)16-23(26)14-19)35-36(25-9-10-27(33)28(17-25)38-2)30(18)21-5-7-24(32)8-6-21/h5-10,17,19-20,22-23,26H,3-4,11-16H2,1-2H3,(H,34,37). The van der Waals surface area contributed by atoms with Crippen molar-refractivity contribution in [3.63, 3.8) is 0 Å². The molecule has 5 nitrogen and oxygen atoms in total. The van der Waals surface area contributed by atoms with Crippen molar-refractivity contribution in [2.45, 2.75) is 51.9 Å². The molecule has 7 heteroatoms. The molecule has 4 fully saturated rings. The van der Waals surface area contributed by atoms with Gasteiger partial charge in [-0.1, -0.05) is 35.3 Å². The second-order valence-corrected chi connectivity index (χ2v) is 12.4. The molecule has 3 aromatic rings. The van der Waals surface area contributed by atoms with Crippen LogP contribution in [0.2, 0.25) is 10.0 Å². The van der Waals surface area contributed by atoms with Gasteiger partial charge in [-0.2, -0.15) is 5.10 Å². The van der Waals surface area contributed by atoms with Crippen molar-refractivity contribution in [3.8, 4) is 22.7 Å². The lowest BCUT2D eigenvalue weighted by Gasteiger charge is -2.54. The van der Waals surface area contributed by atoms with Gasteiger partial charge in [-0.25, -0.2) is 4.68 Å². The minimum absolute atomic E-state index is 0.137. The second-order valence-electron chi connectivity index (χ2n) is 11.6. The fraction of sp³-hybridized carbons (Fsp3) is 0.484. The minimum Gasteiger partial charge on any atom is -0.495 e. The number of rotatable bonds is 8. The van der Waals surface area contributed by atoms with Crippen molar-refractivity contribution in [1.82, 2.24) is 15.1 Å². The first-order valence-electron chi connectivity index (χ1n) is 13.9. The zero-order chi connectivity index (χ0) is 26.4. The van der Waals surface area contributed by atoms with Gasteiger partial charge >= 0.3 is 0 Å². The van der Waals surface area contributed by atoms with Crippen molar-refractivity contribution >= 4 is 29.1 Å². The topological polar surface area (TPSA) is 56.2 Å². The number of nitrogens with zero attached hydrogens (tertiary/aromatic N) is 2. The van der Waals surface area contributed by atoms with Gasteiger partial charge in [0, 0.05) is 28.8 Å². The van der Waals surface area contributed by atoms with Crippen LogP contribution in [0.1, 0.15) is 61.0 Å². The fourth-order valence-corrected chi connectivity index (χ4v) is 8.08. The SMILES string of the molecule is COc1cc(-n2nc(C(=O)NCCCC3C4CC5CC(C4)CC3C5)c(C)c2-c2ccc(Cl)cc2)ccc1Cl. The van der Waals surface area contributed by atoms with Crippen molar-refractivity contribution in [2.75, 3.05) is 13.7 Å². The molecule has 4 bridgehead atoms. The number of carbonyl (C=O) groups excluding carboxylic acids is 1. The monoisotopic (exact) mass is 551 g/mol. The quantitative estimate of drug-likeness (QED) is 0.291. The van der Waals surface area contributed by atoms with E-state index in [0.717, 1.165) is 58.5 Å². The summed E-state index contributed by atoms with van der Waals surface area (Å²) in [6, 6.07) is 13.1. The van der Waals surface area contributed by atoms with Crippen LogP contribution in [0.25, 0.3) is 16.9 Å². The number of amides is 1. The van der Waals surface area contributed by atoms with Crippen LogP contribution in [0, 0.1) is 36.5 Å². The zero-order valence-corrected chi connectivity index (χ0v) is 23.6. The Hall–Kier alpha value is -2.50. The summed E-state index contributed by atoms with van der Waals surface area (Å²) in [7, 11) is 1.58. The Morgan fingerprint density at radius 2 is 1.71 bits per heavy atom. The summed E-state index contributed by atoms with van der Waals surface area (Å²) in [5, 5.41) is 9.12. The van der Waals surface area contributed by atoms with E-state index in [1.807, 2.05) is 43.3 Å². The summed E-state index contributed by atoms with van der Waals surface area (Å²) in [4.78, 5) is 13.4. The summed E-state index contributed by atoms with van der Waals surface area (Å²) >= 11 is 12.4. The lowest BCUT2D eigenvalue weighted by molar-refractivity contribution is -0.0401. The molecular weight excluding hydrogens is 517 g/mol. The Morgan fingerprint density at radius 3 is 2.37 bits per heavy atom. The molecule has 1 amide bonds. The summed E-state index contributed by atoms with van der Waals surface area (Å²) in [6.45, 7) is 2.63. The van der Waals surface area contributed by atoms with Crippen molar-refractivity contribution < 1.29 is 9.53 Å². The van der Waals surface area contributed by atoms with E-state index in [2.05, 4.69) is 5.32 Å². The number of aromatic nitrogens is 2. The number of halogens is 2. The van der Waals surface area contributed by atoms with E-state index < -0.39 is 0 Å². The number of methoxy groups -OCH3 is 1. The lowest BCUT2D eigenvalue weighted by atomic mass is 9.51. The predicted octanol–water partition coefficient (Wildman–Crippen LogP) is 7.75. The maximum Gasteiger partial charge on any atom is 0.272 e. The summed E-state index contributed by atoms with van der Waals surface area (Å²) in [5.41, 5.74) is 3.78. The molecule has 1 N–H and O–H groups in total. The summed E-state index contributed by atoms with van der Waals surface area (Å²) < 4.78 is 7.23. The largest absolute Gasteiger partial charge is 0.495 e. The molecule has 0 unspecified atom stereocenters. The van der Waals surface area contributed by atoms with Crippen LogP contribution in [0.3, 0.4) is 0 Å². The van der Waals surface area contributed by atoms with Crippen LogP contribution in [-0.4, -0.2) is 29.3 Å². The van der Waals surface area contributed by atoms with Crippen molar-refractivity contribution in [1.29, 1.82) is 0 Å². The van der Waals surface area contributed by atoms with Crippen molar-refractivity contribution in [3.05, 3.63) is 63.8 Å².